The van der Waals surface area contributed by atoms with Crippen LogP contribution in [0.1, 0.15) is 5.56 Å². The Labute approximate surface area is 104 Å². The summed E-state index contributed by atoms with van der Waals surface area (Å²) in [6.45, 7) is 0.560. The summed E-state index contributed by atoms with van der Waals surface area (Å²) >= 11 is 4.73. The molecule has 0 aliphatic carbocycles. The Hall–Kier alpha value is -1.14. The molecule has 2 rings (SSSR count). The fourth-order valence-corrected chi connectivity index (χ4v) is 2.38. The summed E-state index contributed by atoms with van der Waals surface area (Å²) in [5.74, 6) is 0. The van der Waals surface area contributed by atoms with Gasteiger partial charge in [0.25, 0.3) is 5.56 Å². The Bertz CT molecular complexity index is 586. The first-order valence-electron chi connectivity index (χ1n) is 4.67. The van der Waals surface area contributed by atoms with E-state index in [0.717, 1.165) is 6.42 Å². The van der Waals surface area contributed by atoms with E-state index in [-0.39, 0.29) is 5.69 Å². The Balaban J connectivity index is 2.19. The Morgan fingerprint density at radius 3 is 2.94 bits per heavy atom. The molecule has 1 N–H and O–H groups in total. The van der Waals surface area contributed by atoms with Crippen LogP contribution in [0.2, 0.25) is 0 Å². The predicted octanol–water partition coefficient (Wildman–Crippen LogP) is 1.60. The molecule has 0 saturated heterocycles. The summed E-state index contributed by atoms with van der Waals surface area (Å²) in [6, 6.07) is 2.02. The van der Waals surface area contributed by atoms with Crippen molar-refractivity contribution in [1.29, 1.82) is 0 Å². The van der Waals surface area contributed by atoms with Gasteiger partial charge in [0.1, 0.15) is 0 Å². The van der Waals surface area contributed by atoms with Gasteiger partial charge in [-0.05, 0) is 44.7 Å². The van der Waals surface area contributed by atoms with Gasteiger partial charge in [-0.15, -0.1) is 0 Å². The number of aromatic amines is 1. The Kier molecular flexibility index (Phi) is 3.40. The third-order valence-electron chi connectivity index (χ3n) is 2.19. The van der Waals surface area contributed by atoms with Crippen LogP contribution < -0.4 is 11.2 Å². The van der Waals surface area contributed by atoms with Crippen LogP contribution in [-0.2, 0) is 13.0 Å². The monoisotopic (exact) mass is 300 g/mol. The lowest BCUT2D eigenvalue weighted by Crippen LogP contribution is -2.30. The number of hydrogen-bond acceptors (Lipinski definition) is 3. The third kappa shape index (κ3) is 2.51. The lowest BCUT2D eigenvalue weighted by atomic mass is 10.2. The van der Waals surface area contributed by atoms with Crippen molar-refractivity contribution in [3.05, 3.63) is 53.9 Å². The van der Waals surface area contributed by atoms with E-state index in [9.17, 15) is 9.59 Å². The van der Waals surface area contributed by atoms with Crippen LogP contribution >= 0.6 is 27.3 Å². The molecule has 0 spiro atoms. The number of rotatable bonds is 3. The van der Waals surface area contributed by atoms with E-state index < -0.39 is 5.56 Å². The molecule has 0 amide bonds. The van der Waals surface area contributed by atoms with Gasteiger partial charge in [0, 0.05) is 12.7 Å². The van der Waals surface area contributed by atoms with Crippen molar-refractivity contribution < 1.29 is 0 Å². The second-order valence-corrected chi connectivity index (χ2v) is 4.95. The molecule has 2 aromatic rings. The fourth-order valence-electron chi connectivity index (χ4n) is 1.33. The van der Waals surface area contributed by atoms with E-state index in [1.807, 2.05) is 16.8 Å². The summed E-state index contributed by atoms with van der Waals surface area (Å²) in [5, 5.41) is 4.05. The molecule has 2 aromatic heterocycles. The average molecular weight is 301 g/mol. The zero-order valence-electron chi connectivity index (χ0n) is 8.27. The van der Waals surface area contributed by atoms with Gasteiger partial charge in [0.05, 0.1) is 4.47 Å². The number of aryl methyl sites for hydroxylation is 2. The lowest BCUT2D eigenvalue weighted by molar-refractivity contribution is 0.643. The van der Waals surface area contributed by atoms with Crippen molar-refractivity contribution in [1.82, 2.24) is 9.55 Å². The molecular weight excluding hydrogens is 292 g/mol. The van der Waals surface area contributed by atoms with Crippen molar-refractivity contribution >= 4 is 27.3 Å². The van der Waals surface area contributed by atoms with Gasteiger partial charge in [0.15, 0.2) is 0 Å². The first kappa shape index (κ1) is 11.3. The number of H-pyrrole nitrogens is 1. The minimum atomic E-state index is -0.392. The summed E-state index contributed by atoms with van der Waals surface area (Å²) < 4.78 is 1.86. The van der Waals surface area contributed by atoms with Gasteiger partial charge in [-0.25, -0.2) is 4.79 Å². The van der Waals surface area contributed by atoms with E-state index in [1.54, 1.807) is 11.3 Å². The zero-order chi connectivity index (χ0) is 11.5. The molecule has 0 aliphatic rings. The van der Waals surface area contributed by atoms with E-state index in [0.29, 0.717) is 11.0 Å². The van der Waals surface area contributed by atoms with Crippen LogP contribution in [0.4, 0.5) is 0 Å². The Morgan fingerprint density at radius 2 is 2.25 bits per heavy atom. The highest BCUT2D eigenvalue weighted by Gasteiger charge is 2.02. The van der Waals surface area contributed by atoms with Gasteiger partial charge < -0.3 is 0 Å². The van der Waals surface area contributed by atoms with E-state index >= 15 is 0 Å². The second-order valence-electron chi connectivity index (χ2n) is 3.31. The number of nitrogens with one attached hydrogen (secondary N) is 1. The minimum Gasteiger partial charge on any atom is -0.299 e. The molecular formula is C10H9BrN2O2S. The summed E-state index contributed by atoms with van der Waals surface area (Å²) in [4.78, 5) is 24.8. The molecule has 0 saturated carbocycles. The van der Waals surface area contributed by atoms with Crippen LogP contribution in [0, 0.1) is 0 Å². The highest BCUT2D eigenvalue weighted by atomic mass is 79.9. The van der Waals surface area contributed by atoms with Crippen molar-refractivity contribution in [3.8, 4) is 0 Å². The van der Waals surface area contributed by atoms with E-state index in [2.05, 4.69) is 20.9 Å². The molecule has 6 heteroatoms. The molecule has 0 bridgehead atoms. The summed E-state index contributed by atoms with van der Waals surface area (Å²) in [6.07, 6.45) is 2.30. The number of halogens is 1. The number of hydrogen-bond donors (Lipinski definition) is 1. The molecule has 0 radical (unpaired) electrons. The molecule has 84 valence electrons. The van der Waals surface area contributed by atoms with Crippen molar-refractivity contribution in [3.63, 3.8) is 0 Å². The van der Waals surface area contributed by atoms with Gasteiger partial charge in [-0.2, -0.15) is 11.3 Å². The quantitative estimate of drug-likeness (QED) is 0.936. The van der Waals surface area contributed by atoms with Crippen molar-refractivity contribution in [2.24, 2.45) is 0 Å². The molecule has 4 nitrogen and oxygen atoms in total. The van der Waals surface area contributed by atoms with Crippen LogP contribution in [-0.4, -0.2) is 9.55 Å². The maximum Gasteiger partial charge on any atom is 0.328 e. The molecule has 0 unspecified atom stereocenters. The first-order chi connectivity index (χ1) is 7.66. The smallest absolute Gasteiger partial charge is 0.299 e. The lowest BCUT2D eigenvalue weighted by Gasteiger charge is -2.03. The highest BCUT2D eigenvalue weighted by molar-refractivity contribution is 9.10. The van der Waals surface area contributed by atoms with E-state index in [4.69, 9.17) is 0 Å². The molecule has 16 heavy (non-hydrogen) atoms. The van der Waals surface area contributed by atoms with E-state index in [1.165, 1.54) is 16.3 Å². The molecule has 0 atom stereocenters. The summed E-state index contributed by atoms with van der Waals surface area (Å²) in [7, 11) is 0. The fraction of sp³-hybridized carbons (Fsp3) is 0.200. The van der Waals surface area contributed by atoms with Crippen molar-refractivity contribution in [2.45, 2.75) is 13.0 Å². The maximum absolute atomic E-state index is 11.4. The highest BCUT2D eigenvalue weighted by Crippen LogP contribution is 2.07. The number of thiophene rings is 1. The normalized spacial score (nSPS) is 10.6. The van der Waals surface area contributed by atoms with Crippen LogP contribution in [0.3, 0.4) is 0 Å². The molecule has 0 aromatic carbocycles. The number of aromatic nitrogens is 2. The SMILES string of the molecule is O=c1[nH]c(=O)n(CCc2ccsc2)cc1Br. The number of nitrogens with zero attached hydrogens (tertiary/aromatic N) is 1. The van der Waals surface area contributed by atoms with Gasteiger partial charge in [-0.3, -0.25) is 14.3 Å². The topological polar surface area (TPSA) is 54.9 Å². The molecule has 2 heterocycles. The first-order valence-corrected chi connectivity index (χ1v) is 6.41. The molecule has 0 fully saturated rings. The summed E-state index contributed by atoms with van der Waals surface area (Å²) in [5.41, 5.74) is 0.430. The van der Waals surface area contributed by atoms with Crippen molar-refractivity contribution in [2.75, 3.05) is 0 Å². The minimum absolute atomic E-state index is 0.372. The largest absolute Gasteiger partial charge is 0.328 e. The maximum atomic E-state index is 11.4. The zero-order valence-corrected chi connectivity index (χ0v) is 10.7. The average Bonchev–Trinajstić information content (AvgIpc) is 2.74. The standard InChI is InChI=1S/C10H9BrN2O2S/c11-8-5-13(10(15)12-9(8)14)3-1-7-2-4-16-6-7/h2,4-6H,1,3H2,(H,12,14,15). The van der Waals surface area contributed by atoms with Gasteiger partial charge >= 0.3 is 5.69 Å². The third-order valence-corrected chi connectivity index (χ3v) is 3.49. The van der Waals surface area contributed by atoms with Crippen LogP contribution in [0.5, 0.6) is 0 Å². The van der Waals surface area contributed by atoms with Gasteiger partial charge in [-0.1, -0.05) is 0 Å². The second kappa shape index (κ2) is 4.80. The van der Waals surface area contributed by atoms with Crippen LogP contribution in [0.25, 0.3) is 0 Å². The predicted molar refractivity (Wildman–Crippen MR) is 67.0 cm³/mol. The van der Waals surface area contributed by atoms with Crippen LogP contribution in [0.15, 0.2) is 37.1 Å². The van der Waals surface area contributed by atoms with Gasteiger partial charge in [0.2, 0.25) is 0 Å². The Morgan fingerprint density at radius 1 is 1.44 bits per heavy atom. The molecule has 0 aliphatic heterocycles.